The van der Waals surface area contributed by atoms with Crippen molar-refractivity contribution < 1.29 is 8.78 Å². The first-order valence-corrected chi connectivity index (χ1v) is 10.1. The van der Waals surface area contributed by atoms with E-state index in [1.165, 1.54) is 28.9 Å². The third-order valence-corrected chi connectivity index (χ3v) is 5.07. The second kappa shape index (κ2) is 8.98. The van der Waals surface area contributed by atoms with E-state index in [0.717, 1.165) is 17.8 Å². The van der Waals surface area contributed by atoms with Gasteiger partial charge in [0.15, 0.2) is 0 Å². The number of nitrogens with zero attached hydrogens (tertiary/aromatic N) is 5. The quantitative estimate of drug-likeness (QED) is 0.416. The maximum Gasteiger partial charge on any atom is 0.267 e. The molecule has 4 rings (SSSR count). The lowest BCUT2D eigenvalue weighted by Crippen LogP contribution is -2.11. The van der Waals surface area contributed by atoms with Gasteiger partial charge in [-0.1, -0.05) is 12.1 Å². The van der Waals surface area contributed by atoms with Gasteiger partial charge in [-0.05, 0) is 43.7 Å². The molecule has 0 bridgehead atoms. The molecule has 32 heavy (non-hydrogen) atoms. The Morgan fingerprint density at radius 1 is 1.16 bits per heavy atom. The second-order valence-corrected chi connectivity index (χ2v) is 7.19. The van der Waals surface area contributed by atoms with Crippen LogP contribution in [0.2, 0.25) is 0 Å². The van der Waals surface area contributed by atoms with Crippen LogP contribution in [0.3, 0.4) is 0 Å². The molecule has 0 amide bonds. The molecule has 0 radical (unpaired) electrons. The van der Waals surface area contributed by atoms with E-state index in [4.69, 9.17) is 0 Å². The average molecular weight is 433 g/mol. The summed E-state index contributed by atoms with van der Waals surface area (Å²) in [6.07, 6.45) is 1.82. The van der Waals surface area contributed by atoms with Gasteiger partial charge in [-0.2, -0.15) is 5.26 Å². The predicted octanol–water partition coefficient (Wildman–Crippen LogP) is 5.21. The van der Waals surface area contributed by atoms with Crippen LogP contribution in [-0.4, -0.2) is 25.9 Å². The molecule has 9 heteroatoms. The van der Waals surface area contributed by atoms with E-state index in [2.05, 4.69) is 31.7 Å². The summed E-state index contributed by atoms with van der Waals surface area (Å²) in [5.41, 5.74) is 2.97. The molecule has 0 spiro atoms. The molecule has 2 N–H and O–H groups in total. The summed E-state index contributed by atoms with van der Waals surface area (Å²) in [7, 11) is 0. The molecule has 0 aliphatic rings. The average Bonchev–Trinajstić information content (AvgIpc) is 3.23. The van der Waals surface area contributed by atoms with Gasteiger partial charge in [0.2, 0.25) is 5.95 Å². The number of hydrogen-bond acceptors (Lipinski definition) is 6. The minimum Gasteiger partial charge on any atom is -0.385 e. The number of anilines is 2. The van der Waals surface area contributed by atoms with Crippen molar-refractivity contribution in [2.45, 2.75) is 26.3 Å². The first-order chi connectivity index (χ1) is 15.5. The minimum atomic E-state index is -2.66. The van der Waals surface area contributed by atoms with Crippen molar-refractivity contribution in [3.05, 3.63) is 71.7 Å². The number of alkyl halides is 2. The molecule has 0 saturated carbocycles. The highest BCUT2D eigenvalue weighted by Crippen LogP contribution is 2.29. The van der Waals surface area contributed by atoms with E-state index >= 15 is 0 Å². The molecule has 0 aliphatic carbocycles. The molecule has 4 aromatic rings. The smallest absolute Gasteiger partial charge is 0.267 e. The third kappa shape index (κ3) is 4.07. The van der Waals surface area contributed by atoms with Gasteiger partial charge in [0.25, 0.3) is 6.43 Å². The summed E-state index contributed by atoms with van der Waals surface area (Å²) in [6.45, 7) is 4.83. The predicted molar refractivity (Wildman–Crippen MR) is 119 cm³/mol. The summed E-state index contributed by atoms with van der Waals surface area (Å²) in [5, 5.41) is 16.1. The van der Waals surface area contributed by atoms with Gasteiger partial charge in [0.05, 0.1) is 35.3 Å². The number of hydrogen-bond donors (Lipinski definition) is 2. The number of fused-ring (bicyclic) bond motifs is 1. The summed E-state index contributed by atoms with van der Waals surface area (Å²) in [6, 6.07) is 12.8. The van der Waals surface area contributed by atoms with Gasteiger partial charge in [-0.3, -0.25) is 4.40 Å². The molecule has 162 valence electrons. The summed E-state index contributed by atoms with van der Waals surface area (Å²) >= 11 is 0. The molecule has 0 unspecified atom stereocenters. The highest BCUT2D eigenvalue weighted by Gasteiger charge is 2.19. The van der Waals surface area contributed by atoms with Gasteiger partial charge < -0.3 is 10.6 Å². The van der Waals surface area contributed by atoms with Crippen LogP contribution in [0.1, 0.15) is 43.0 Å². The van der Waals surface area contributed by atoms with Crippen LogP contribution < -0.4 is 10.6 Å². The molecule has 3 aromatic heterocycles. The van der Waals surface area contributed by atoms with Crippen molar-refractivity contribution in [1.29, 1.82) is 5.26 Å². The van der Waals surface area contributed by atoms with E-state index < -0.39 is 6.43 Å². The minimum absolute atomic E-state index is 0.109. The summed E-state index contributed by atoms with van der Waals surface area (Å²) in [4.78, 5) is 12.9. The van der Waals surface area contributed by atoms with Crippen LogP contribution in [-0.2, 0) is 0 Å². The van der Waals surface area contributed by atoms with Crippen LogP contribution in [0.4, 0.5) is 20.4 Å². The summed E-state index contributed by atoms with van der Waals surface area (Å²) in [5.74, 6) is 0.320. The lowest BCUT2D eigenvalue weighted by molar-refractivity contribution is 0.152. The first kappa shape index (κ1) is 21.2. The van der Waals surface area contributed by atoms with E-state index in [-0.39, 0.29) is 22.8 Å². The van der Waals surface area contributed by atoms with Gasteiger partial charge >= 0.3 is 0 Å². The lowest BCUT2D eigenvalue weighted by atomic mass is 10.1. The molecule has 0 aliphatic heterocycles. The Balaban J connectivity index is 1.70. The summed E-state index contributed by atoms with van der Waals surface area (Å²) < 4.78 is 28.2. The number of rotatable bonds is 7. The van der Waals surface area contributed by atoms with E-state index in [1.807, 2.05) is 38.1 Å². The van der Waals surface area contributed by atoms with E-state index in [9.17, 15) is 14.0 Å². The zero-order chi connectivity index (χ0) is 22.7. The van der Waals surface area contributed by atoms with Crippen LogP contribution in [0.15, 0.2) is 55.0 Å². The molecule has 3 heterocycles. The fraction of sp³-hybridized carbons (Fsp3) is 0.217. The van der Waals surface area contributed by atoms with Crippen molar-refractivity contribution in [2.24, 2.45) is 0 Å². The number of imidazole rings is 1. The fourth-order valence-corrected chi connectivity index (χ4v) is 3.51. The molecular formula is C23H21F2N7. The number of nitriles is 1. The van der Waals surface area contributed by atoms with Crippen LogP contribution >= 0.6 is 0 Å². The maximum atomic E-state index is 13.4. The van der Waals surface area contributed by atoms with Crippen molar-refractivity contribution >= 4 is 17.3 Å². The van der Waals surface area contributed by atoms with Crippen molar-refractivity contribution in [3.8, 4) is 17.5 Å². The highest BCUT2D eigenvalue weighted by atomic mass is 19.3. The molecule has 1 atom stereocenters. The van der Waals surface area contributed by atoms with Gasteiger partial charge in [-0.15, -0.1) is 0 Å². The second-order valence-electron chi connectivity index (χ2n) is 7.19. The number of aromatic nitrogens is 4. The standard InChI is InChI=1S/C23H21F2N7/c1-3-27-17-7-4-6-15(10-17)14(2)30-23-29-12-16(11-26)20(31-23)19-13-28-22-18(21(24)25)8-5-9-32(19)22/h4-10,12-14,21,27H,3H2,1-2H3,(H,29,30,31)/t14-/m0/s1. The monoisotopic (exact) mass is 433 g/mol. The maximum absolute atomic E-state index is 13.4. The Morgan fingerprint density at radius 2 is 2.00 bits per heavy atom. The zero-order valence-electron chi connectivity index (χ0n) is 17.5. The van der Waals surface area contributed by atoms with Crippen LogP contribution in [0.5, 0.6) is 0 Å². The van der Waals surface area contributed by atoms with E-state index in [0.29, 0.717) is 17.3 Å². The Bertz CT molecular complexity index is 1290. The highest BCUT2D eigenvalue weighted by molar-refractivity contribution is 5.68. The largest absolute Gasteiger partial charge is 0.385 e. The zero-order valence-corrected chi connectivity index (χ0v) is 17.5. The van der Waals surface area contributed by atoms with Crippen molar-refractivity contribution in [1.82, 2.24) is 19.4 Å². The Labute approximate surface area is 183 Å². The Hall–Kier alpha value is -4.06. The molecule has 7 nitrogen and oxygen atoms in total. The third-order valence-electron chi connectivity index (χ3n) is 5.07. The van der Waals surface area contributed by atoms with Gasteiger partial charge in [-0.25, -0.2) is 23.7 Å². The number of halogens is 2. The van der Waals surface area contributed by atoms with E-state index in [1.54, 1.807) is 6.20 Å². The number of nitrogens with one attached hydrogen (secondary N) is 2. The van der Waals surface area contributed by atoms with Gasteiger partial charge in [0, 0.05) is 18.4 Å². The Kier molecular flexibility index (Phi) is 5.94. The fourth-order valence-electron chi connectivity index (χ4n) is 3.51. The normalized spacial score (nSPS) is 12.0. The first-order valence-electron chi connectivity index (χ1n) is 10.1. The lowest BCUT2D eigenvalue weighted by Gasteiger charge is -2.16. The van der Waals surface area contributed by atoms with Crippen LogP contribution in [0.25, 0.3) is 17.0 Å². The SMILES string of the molecule is CCNc1cccc([C@H](C)Nc2ncc(C#N)c(-c3cnc4c(C(F)F)cccn34)n2)c1. The van der Waals surface area contributed by atoms with Crippen LogP contribution in [0, 0.1) is 11.3 Å². The Morgan fingerprint density at radius 3 is 2.75 bits per heavy atom. The van der Waals surface area contributed by atoms with Crippen molar-refractivity contribution in [3.63, 3.8) is 0 Å². The molecule has 0 saturated heterocycles. The molecule has 0 fully saturated rings. The van der Waals surface area contributed by atoms with Gasteiger partial charge in [0.1, 0.15) is 17.4 Å². The number of pyridine rings is 1. The number of benzene rings is 1. The topological polar surface area (TPSA) is 90.9 Å². The molecule has 1 aromatic carbocycles. The molecular weight excluding hydrogens is 412 g/mol. The van der Waals surface area contributed by atoms with Crippen molar-refractivity contribution in [2.75, 3.05) is 17.2 Å².